The quantitative estimate of drug-likeness (QED) is 0.253. The fraction of sp³-hybridized carbons (Fsp3) is 0.900. The van der Waals surface area contributed by atoms with E-state index >= 15 is 0 Å². The smallest absolute Gasteiger partial charge is 0.312 e. The number of carbonyl (C=O) groups excluding carboxylic acids is 3. The molecule has 5 fully saturated rings. The fourth-order valence-electron chi connectivity index (χ4n) is 8.02. The van der Waals surface area contributed by atoms with Gasteiger partial charge in [0.15, 0.2) is 0 Å². The van der Waals surface area contributed by atoms with Gasteiger partial charge in [-0.3, -0.25) is 14.4 Å². The zero-order valence-corrected chi connectivity index (χ0v) is 23.5. The molecule has 36 heavy (non-hydrogen) atoms. The molecular weight excluding hydrogens is 456 g/mol. The first-order chi connectivity index (χ1) is 16.8. The van der Waals surface area contributed by atoms with Crippen molar-refractivity contribution in [2.45, 2.75) is 130 Å². The molecule has 5 aliphatic rings. The second kappa shape index (κ2) is 9.94. The fourth-order valence-corrected chi connectivity index (χ4v) is 8.02. The summed E-state index contributed by atoms with van der Waals surface area (Å²) in [6, 6.07) is 0. The number of rotatable bonds is 10. The Labute approximate surface area is 217 Å². The lowest BCUT2D eigenvalue weighted by atomic mass is 9.49. The zero-order valence-electron chi connectivity index (χ0n) is 23.5. The molecule has 0 aromatic rings. The highest BCUT2D eigenvalue weighted by Crippen LogP contribution is 2.61. The summed E-state index contributed by atoms with van der Waals surface area (Å²) in [5, 5.41) is 0. The molecule has 1 saturated heterocycles. The first kappa shape index (κ1) is 27.4. The summed E-state index contributed by atoms with van der Waals surface area (Å²) in [5.41, 5.74) is -2.88. The summed E-state index contributed by atoms with van der Waals surface area (Å²) in [7, 11) is 0. The molecule has 1 heterocycles. The first-order valence-corrected chi connectivity index (χ1v) is 14.5. The van der Waals surface area contributed by atoms with Crippen molar-refractivity contribution >= 4 is 17.9 Å². The van der Waals surface area contributed by atoms with Crippen molar-refractivity contribution in [2.75, 3.05) is 6.61 Å². The number of cyclic esters (lactones) is 1. The minimum Gasteiger partial charge on any atom is -0.465 e. The lowest BCUT2D eigenvalue weighted by molar-refractivity contribution is -0.222. The van der Waals surface area contributed by atoms with Crippen molar-refractivity contribution in [3.8, 4) is 0 Å². The molecule has 0 spiro atoms. The third-order valence-electron chi connectivity index (χ3n) is 10.1. The van der Waals surface area contributed by atoms with E-state index < -0.39 is 16.4 Å². The summed E-state index contributed by atoms with van der Waals surface area (Å²) >= 11 is 0. The van der Waals surface area contributed by atoms with Gasteiger partial charge >= 0.3 is 17.9 Å². The number of hydrogen-bond acceptors (Lipinski definition) is 6. The largest absolute Gasteiger partial charge is 0.465 e. The molecule has 0 aromatic carbocycles. The predicted octanol–water partition coefficient (Wildman–Crippen LogP) is 6.39. The lowest BCUT2D eigenvalue weighted by Gasteiger charge is -2.61. The molecule has 4 aliphatic carbocycles. The van der Waals surface area contributed by atoms with Gasteiger partial charge in [0, 0.05) is 6.42 Å². The van der Waals surface area contributed by atoms with Crippen molar-refractivity contribution in [2.24, 2.45) is 34.5 Å². The van der Waals surface area contributed by atoms with Crippen LogP contribution in [0.3, 0.4) is 0 Å². The van der Waals surface area contributed by atoms with Crippen LogP contribution < -0.4 is 0 Å². The second-order valence-corrected chi connectivity index (χ2v) is 13.7. The Morgan fingerprint density at radius 3 is 2.11 bits per heavy atom. The van der Waals surface area contributed by atoms with Crippen LogP contribution in [0, 0.1) is 34.5 Å². The summed E-state index contributed by atoms with van der Waals surface area (Å²) in [5.74, 6) is 1.72. The van der Waals surface area contributed by atoms with Crippen LogP contribution in [-0.2, 0) is 28.6 Å². The highest BCUT2D eigenvalue weighted by Gasteiger charge is 2.60. The molecule has 0 aromatic heterocycles. The normalized spacial score (nSPS) is 37.2. The van der Waals surface area contributed by atoms with Gasteiger partial charge in [-0.05, 0) is 109 Å². The van der Waals surface area contributed by atoms with E-state index in [0.29, 0.717) is 31.1 Å². The molecule has 4 bridgehead atoms. The van der Waals surface area contributed by atoms with Crippen LogP contribution in [0.15, 0.2) is 0 Å². The second-order valence-electron chi connectivity index (χ2n) is 13.7. The van der Waals surface area contributed by atoms with Gasteiger partial charge in [-0.2, -0.15) is 0 Å². The van der Waals surface area contributed by atoms with Gasteiger partial charge in [-0.25, -0.2) is 0 Å². The average Bonchev–Trinajstić information content (AvgIpc) is 2.79. The van der Waals surface area contributed by atoms with Crippen LogP contribution >= 0.6 is 0 Å². The molecule has 0 radical (unpaired) electrons. The van der Waals surface area contributed by atoms with Crippen LogP contribution in [0.25, 0.3) is 0 Å². The summed E-state index contributed by atoms with van der Waals surface area (Å²) in [6.45, 7) is 11.9. The SMILES string of the molecule is CCCCC1(OC(=O)C(C)(CC)CC(C)(C)C(=O)OC2(C)CCOC(=O)C2)C2CC3CC(C2)CC1C3. The molecule has 2 unspecified atom stereocenters. The number of hydrogen-bond donors (Lipinski definition) is 0. The Hall–Kier alpha value is -1.59. The number of ether oxygens (including phenoxy) is 3. The van der Waals surface area contributed by atoms with E-state index in [1.54, 1.807) is 6.92 Å². The lowest BCUT2D eigenvalue weighted by Crippen LogP contribution is -2.60. The van der Waals surface area contributed by atoms with E-state index in [1.165, 1.54) is 32.1 Å². The standard InChI is InChI=1S/C30H48O6/c1-7-9-10-30(22-14-20-13-21(16-22)17-23(30)15-20)36-26(33)28(5,8-2)19-27(3,4)25(32)35-29(6)11-12-34-24(31)18-29/h20-23H,7-19H2,1-6H3. The maximum Gasteiger partial charge on any atom is 0.312 e. The van der Waals surface area contributed by atoms with Crippen LogP contribution in [0.1, 0.15) is 119 Å². The molecule has 6 nitrogen and oxygen atoms in total. The van der Waals surface area contributed by atoms with Crippen LogP contribution in [0.5, 0.6) is 0 Å². The van der Waals surface area contributed by atoms with Gasteiger partial charge in [-0.15, -0.1) is 0 Å². The zero-order chi connectivity index (χ0) is 26.4. The Morgan fingerprint density at radius 2 is 1.58 bits per heavy atom. The molecule has 5 rings (SSSR count). The van der Waals surface area contributed by atoms with Gasteiger partial charge in [-0.1, -0.05) is 20.3 Å². The molecule has 4 saturated carbocycles. The van der Waals surface area contributed by atoms with Gasteiger partial charge in [0.25, 0.3) is 0 Å². The first-order valence-electron chi connectivity index (χ1n) is 14.5. The third kappa shape index (κ3) is 5.20. The third-order valence-corrected chi connectivity index (χ3v) is 10.1. The van der Waals surface area contributed by atoms with Gasteiger partial charge in [0.1, 0.15) is 11.2 Å². The maximum absolute atomic E-state index is 14.0. The van der Waals surface area contributed by atoms with Crippen molar-refractivity contribution < 1.29 is 28.6 Å². The van der Waals surface area contributed by atoms with E-state index in [4.69, 9.17) is 14.2 Å². The highest BCUT2D eigenvalue weighted by atomic mass is 16.6. The Kier molecular flexibility index (Phi) is 7.58. The van der Waals surface area contributed by atoms with Gasteiger partial charge < -0.3 is 14.2 Å². The molecular formula is C30H48O6. The van der Waals surface area contributed by atoms with Crippen molar-refractivity contribution in [3.05, 3.63) is 0 Å². The van der Waals surface area contributed by atoms with Crippen molar-refractivity contribution in [1.29, 1.82) is 0 Å². The molecule has 0 N–H and O–H groups in total. The topological polar surface area (TPSA) is 78.9 Å². The molecule has 0 amide bonds. The summed E-state index contributed by atoms with van der Waals surface area (Å²) < 4.78 is 17.7. The van der Waals surface area contributed by atoms with E-state index in [2.05, 4.69) is 6.92 Å². The van der Waals surface area contributed by atoms with Crippen LogP contribution in [-0.4, -0.2) is 35.7 Å². The van der Waals surface area contributed by atoms with Crippen molar-refractivity contribution in [3.63, 3.8) is 0 Å². The van der Waals surface area contributed by atoms with Crippen LogP contribution in [0.2, 0.25) is 0 Å². The Bertz CT molecular complexity index is 834. The number of esters is 3. The highest BCUT2D eigenvalue weighted by molar-refractivity contribution is 5.81. The summed E-state index contributed by atoms with van der Waals surface area (Å²) in [4.78, 5) is 39.1. The van der Waals surface area contributed by atoms with E-state index in [-0.39, 0.29) is 36.5 Å². The monoisotopic (exact) mass is 504 g/mol. The number of unbranched alkanes of at least 4 members (excludes halogenated alkanes) is 1. The molecule has 6 heteroatoms. The Morgan fingerprint density at radius 1 is 0.972 bits per heavy atom. The van der Waals surface area contributed by atoms with Gasteiger partial charge in [0.05, 0.1) is 23.9 Å². The molecule has 2 atom stereocenters. The maximum atomic E-state index is 14.0. The minimum atomic E-state index is -0.894. The predicted molar refractivity (Wildman–Crippen MR) is 137 cm³/mol. The van der Waals surface area contributed by atoms with Gasteiger partial charge in [0.2, 0.25) is 0 Å². The Balaban J connectivity index is 1.49. The van der Waals surface area contributed by atoms with Crippen LogP contribution in [0.4, 0.5) is 0 Å². The minimum absolute atomic E-state index is 0.0621. The number of carbonyl (C=O) groups is 3. The molecule has 204 valence electrons. The average molecular weight is 505 g/mol. The van der Waals surface area contributed by atoms with E-state index in [1.807, 2.05) is 27.7 Å². The van der Waals surface area contributed by atoms with E-state index in [9.17, 15) is 14.4 Å². The molecule has 1 aliphatic heterocycles. The summed E-state index contributed by atoms with van der Waals surface area (Å²) in [6.07, 6.45) is 10.8. The van der Waals surface area contributed by atoms with Crippen molar-refractivity contribution in [1.82, 2.24) is 0 Å². The van der Waals surface area contributed by atoms with E-state index in [0.717, 1.165) is 31.1 Å².